The lowest BCUT2D eigenvalue weighted by molar-refractivity contribution is 0.124. The van der Waals surface area contributed by atoms with Crippen LogP contribution >= 0.6 is 12.4 Å². The molecule has 0 fully saturated rings. The van der Waals surface area contributed by atoms with Crippen LogP contribution in [0.1, 0.15) is 12.4 Å². The monoisotopic (exact) mass is 164 g/mol. The first-order valence-corrected chi connectivity index (χ1v) is 2.38. The Balaban J connectivity index is 0.00000196. The van der Waals surface area contributed by atoms with Crippen molar-refractivity contribution >= 4 is 12.4 Å². The van der Waals surface area contributed by atoms with Crippen LogP contribution in [0.5, 0.6) is 0 Å². The first-order chi connectivity index (χ1) is 6.50. The Morgan fingerprint density at radius 3 is 2.50 bits per heavy atom. The van der Waals surface area contributed by atoms with Gasteiger partial charge in [-0.15, -0.1) is 12.4 Å². The van der Waals surface area contributed by atoms with Crippen LogP contribution < -0.4 is 5.90 Å². The van der Waals surface area contributed by atoms with Crippen molar-refractivity contribution in [2.45, 2.75) is 6.61 Å². The maximum Gasteiger partial charge on any atom is 0.0930 e. The van der Waals surface area contributed by atoms with E-state index in [1.165, 1.54) is 0 Å². The molecule has 0 aliphatic heterocycles. The largest absolute Gasteiger partial charge is 0.300 e. The Hall–Kier alpha value is -0.570. The first kappa shape index (κ1) is 3.72. The summed E-state index contributed by atoms with van der Waals surface area (Å²) in [5.41, 5.74) is 0.0681. The average molecular weight is 165 g/mol. The summed E-state index contributed by atoms with van der Waals surface area (Å²) in [7, 11) is 0. The Bertz CT molecular complexity index is 344. The van der Waals surface area contributed by atoms with E-state index >= 15 is 0 Å². The maximum absolute atomic E-state index is 7.43. The van der Waals surface area contributed by atoms with Crippen molar-refractivity contribution in [2.75, 3.05) is 0 Å². The summed E-state index contributed by atoms with van der Waals surface area (Å²) >= 11 is 0. The molecule has 0 saturated heterocycles. The first-order valence-electron chi connectivity index (χ1n) is 4.88. The predicted molar refractivity (Wildman–Crippen MR) is 42.7 cm³/mol. The van der Waals surface area contributed by atoms with Gasteiger partial charge < -0.3 is 0 Å². The van der Waals surface area contributed by atoms with Crippen molar-refractivity contribution in [3.05, 3.63) is 35.8 Å². The van der Waals surface area contributed by atoms with Crippen LogP contribution in [0.3, 0.4) is 0 Å². The van der Waals surface area contributed by atoms with Gasteiger partial charge >= 0.3 is 0 Å². The second-order valence-corrected chi connectivity index (χ2v) is 1.41. The molecule has 0 aliphatic carbocycles. The molecule has 1 aromatic rings. The van der Waals surface area contributed by atoms with Gasteiger partial charge in [-0.05, 0) is 5.56 Å². The van der Waals surface area contributed by atoms with Gasteiger partial charge in [-0.3, -0.25) is 4.84 Å². The zero-order valence-electron chi connectivity index (χ0n) is 10.1. The minimum atomic E-state index is -0.416. The van der Waals surface area contributed by atoms with Gasteiger partial charge in [0.1, 0.15) is 0 Å². The molecule has 56 valence electrons. The van der Waals surface area contributed by atoms with Crippen LogP contribution in [0.25, 0.3) is 0 Å². The summed E-state index contributed by atoms with van der Waals surface area (Å²) in [5.74, 6) is 4.80. The van der Waals surface area contributed by atoms with E-state index in [1.807, 2.05) is 0 Å². The molecular formula is C7H10ClNO. The van der Waals surface area contributed by atoms with E-state index in [2.05, 4.69) is 4.84 Å². The van der Waals surface area contributed by atoms with Gasteiger partial charge in [-0.1, -0.05) is 30.2 Å². The van der Waals surface area contributed by atoms with Gasteiger partial charge in [0.05, 0.1) is 13.5 Å². The van der Waals surface area contributed by atoms with E-state index < -0.39 is 6.04 Å². The number of benzene rings is 1. The topological polar surface area (TPSA) is 35.2 Å². The number of halogens is 1. The average Bonchev–Trinajstić information content (AvgIpc) is 2.19. The number of hydrogen-bond acceptors (Lipinski definition) is 2. The predicted octanol–water partition coefficient (Wildman–Crippen LogP) is 1.50. The summed E-state index contributed by atoms with van der Waals surface area (Å²) in [6.45, 7) is -0.199. The van der Waals surface area contributed by atoms with E-state index in [0.29, 0.717) is 0 Å². The van der Waals surface area contributed by atoms with Crippen molar-refractivity contribution < 1.29 is 11.7 Å². The highest BCUT2D eigenvalue weighted by Crippen LogP contribution is 1.97. The SMILES string of the molecule is Cl.[2H]c1c([2H])c([2H])c(CON)c([2H])c1[2H]. The van der Waals surface area contributed by atoms with Gasteiger partial charge in [0.25, 0.3) is 0 Å². The van der Waals surface area contributed by atoms with E-state index in [-0.39, 0.29) is 48.7 Å². The third-order valence-corrected chi connectivity index (χ3v) is 0.779. The van der Waals surface area contributed by atoms with E-state index in [1.54, 1.807) is 0 Å². The molecule has 3 heteroatoms. The van der Waals surface area contributed by atoms with Gasteiger partial charge in [0.15, 0.2) is 0 Å². The molecule has 0 spiro atoms. The number of hydrogen-bond donors (Lipinski definition) is 1. The van der Waals surface area contributed by atoms with Crippen molar-refractivity contribution in [1.82, 2.24) is 0 Å². The summed E-state index contributed by atoms with van der Waals surface area (Å²) in [5, 5.41) is 0. The van der Waals surface area contributed by atoms with Gasteiger partial charge in [0, 0.05) is 0 Å². The lowest BCUT2D eigenvalue weighted by atomic mass is 10.2. The fourth-order valence-corrected chi connectivity index (χ4v) is 0.431. The standard InChI is InChI=1S/C7H9NO.ClH/c8-9-6-7-4-2-1-3-5-7;/h1-5H,6,8H2;1H/i1D,2D,3D,4D,5D;. The van der Waals surface area contributed by atoms with Gasteiger partial charge in [-0.2, -0.15) is 0 Å². The molecule has 0 amide bonds. The minimum absolute atomic E-state index is 0. The molecule has 0 bridgehead atoms. The zero-order chi connectivity index (χ0) is 10.9. The smallest absolute Gasteiger partial charge is 0.0930 e. The van der Waals surface area contributed by atoms with Crippen LogP contribution in [0, 0.1) is 0 Å². The fourth-order valence-electron chi connectivity index (χ4n) is 0.431. The van der Waals surface area contributed by atoms with Crippen molar-refractivity contribution in [1.29, 1.82) is 0 Å². The molecule has 0 saturated carbocycles. The molecule has 0 atom stereocenters. The molecule has 1 rings (SSSR count). The molecule has 2 nitrogen and oxygen atoms in total. The van der Waals surface area contributed by atoms with Crippen molar-refractivity contribution in [3.8, 4) is 0 Å². The molecule has 10 heavy (non-hydrogen) atoms. The highest BCUT2D eigenvalue weighted by Gasteiger charge is 1.85. The highest BCUT2D eigenvalue weighted by molar-refractivity contribution is 5.85. The third kappa shape index (κ3) is 2.82. The van der Waals surface area contributed by atoms with Crippen LogP contribution in [0.15, 0.2) is 30.2 Å². The summed E-state index contributed by atoms with van der Waals surface area (Å²) < 4.78 is 36.8. The van der Waals surface area contributed by atoms with Crippen LogP contribution in [0.2, 0.25) is 0 Å². The Kier molecular flexibility index (Phi) is 1.94. The van der Waals surface area contributed by atoms with Crippen LogP contribution in [0.4, 0.5) is 0 Å². The highest BCUT2D eigenvalue weighted by atomic mass is 35.5. The fraction of sp³-hybridized carbons (Fsp3) is 0.143. The Labute approximate surface area is 73.4 Å². The zero-order valence-corrected chi connectivity index (χ0v) is 5.92. The molecule has 2 N–H and O–H groups in total. The third-order valence-electron chi connectivity index (χ3n) is 0.779. The van der Waals surface area contributed by atoms with Crippen molar-refractivity contribution in [3.63, 3.8) is 0 Å². The molecule has 0 radical (unpaired) electrons. The van der Waals surface area contributed by atoms with Gasteiger partial charge in [-0.25, -0.2) is 5.90 Å². The van der Waals surface area contributed by atoms with E-state index in [9.17, 15) is 0 Å². The lowest BCUT2D eigenvalue weighted by Crippen LogP contribution is -1.97. The van der Waals surface area contributed by atoms with Crippen LogP contribution in [-0.4, -0.2) is 0 Å². The minimum Gasteiger partial charge on any atom is -0.300 e. The lowest BCUT2D eigenvalue weighted by Gasteiger charge is -1.94. The molecular weight excluding hydrogens is 150 g/mol. The van der Waals surface area contributed by atoms with E-state index in [0.717, 1.165) is 0 Å². The summed E-state index contributed by atoms with van der Waals surface area (Å²) in [6, 6.07) is -1.72. The summed E-state index contributed by atoms with van der Waals surface area (Å²) in [6.07, 6.45) is 0. The maximum atomic E-state index is 7.43. The molecule has 0 unspecified atom stereocenters. The molecule has 1 aromatic carbocycles. The second-order valence-electron chi connectivity index (χ2n) is 1.41. The Morgan fingerprint density at radius 1 is 1.40 bits per heavy atom. The van der Waals surface area contributed by atoms with Crippen LogP contribution in [-0.2, 0) is 11.4 Å². The van der Waals surface area contributed by atoms with E-state index in [4.69, 9.17) is 12.8 Å². The van der Waals surface area contributed by atoms with Crippen molar-refractivity contribution in [2.24, 2.45) is 5.90 Å². The molecule has 0 aromatic heterocycles. The molecule has 0 heterocycles. The Morgan fingerprint density at radius 2 is 2.00 bits per heavy atom. The van der Waals surface area contributed by atoms with Gasteiger partial charge in [0.2, 0.25) is 0 Å². The number of nitrogens with two attached hydrogens (primary N) is 1. The summed E-state index contributed by atoms with van der Waals surface area (Å²) in [4.78, 5) is 4.27. The molecule has 0 aliphatic rings. The quantitative estimate of drug-likeness (QED) is 0.673. The normalized spacial score (nSPS) is 15.5. The second kappa shape index (κ2) is 5.23. The number of rotatable bonds is 2.